The highest BCUT2D eigenvalue weighted by Crippen LogP contribution is 2.30. The Balaban J connectivity index is 1.35. The number of ether oxygens (including phenoxy) is 1. The highest BCUT2D eigenvalue weighted by Gasteiger charge is 2.31. The molecule has 1 atom stereocenters. The van der Waals surface area contributed by atoms with E-state index in [-0.39, 0.29) is 11.8 Å². The Morgan fingerprint density at radius 3 is 2.58 bits per heavy atom. The highest BCUT2D eigenvalue weighted by atomic mass is 16.5. The zero-order valence-corrected chi connectivity index (χ0v) is 17.4. The van der Waals surface area contributed by atoms with Gasteiger partial charge in [0.2, 0.25) is 5.91 Å². The molecule has 0 radical (unpaired) electrons. The zero-order valence-electron chi connectivity index (χ0n) is 17.4. The third kappa shape index (κ3) is 3.89. The van der Waals surface area contributed by atoms with Crippen LogP contribution in [0.1, 0.15) is 29.0 Å². The van der Waals surface area contributed by atoms with Gasteiger partial charge in [-0.05, 0) is 29.3 Å². The fraction of sp³-hybridized carbons (Fsp3) is 0.240. The minimum absolute atomic E-state index is 0.191. The largest absolute Gasteiger partial charge is 0.497 e. The molecule has 1 unspecified atom stereocenters. The molecule has 1 aliphatic heterocycles. The van der Waals surface area contributed by atoms with Crippen LogP contribution < -0.4 is 4.74 Å². The number of carbonyl (C=O) groups is 1. The van der Waals surface area contributed by atoms with Gasteiger partial charge >= 0.3 is 0 Å². The summed E-state index contributed by atoms with van der Waals surface area (Å²) in [6.07, 6.45) is 4.19. The molecule has 2 aromatic heterocycles. The standard InChI is InChI=1S/C25H24N4O2/c1-31-22-9-7-18(8-10-22)14-29-17-27-24-20(11-12-26-25(24)29)15-28-16-21(13-23(28)30)19-5-3-2-4-6-19/h2-12,17,21H,13-16H2,1H3. The van der Waals surface area contributed by atoms with Crippen LogP contribution in [0.25, 0.3) is 11.2 Å². The van der Waals surface area contributed by atoms with Gasteiger partial charge in [0.15, 0.2) is 5.65 Å². The number of fused-ring (bicyclic) bond motifs is 1. The van der Waals surface area contributed by atoms with Crippen LogP contribution in [0.5, 0.6) is 5.75 Å². The van der Waals surface area contributed by atoms with Gasteiger partial charge in [-0.25, -0.2) is 9.97 Å². The molecule has 4 aromatic rings. The molecule has 3 heterocycles. The summed E-state index contributed by atoms with van der Waals surface area (Å²) < 4.78 is 7.28. The second-order valence-electron chi connectivity index (χ2n) is 7.95. The predicted octanol–water partition coefficient (Wildman–Crippen LogP) is 4.00. The number of pyridine rings is 1. The number of hydrogen-bond donors (Lipinski definition) is 0. The Bertz CT molecular complexity index is 1200. The van der Waals surface area contributed by atoms with E-state index < -0.39 is 0 Å². The fourth-order valence-corrected chi connectivity index (χ4v) is 4.26. The van der Waals surface area contributed by atoms with Gasteiger partial charge in [-0.1, -0.05) is 42.5 Å². The van der Waals surface area contributed by atoms with Crippen molar-refractivity contribution in [2.75, 3.05) is 13.7 Å². The molecule has 2 aromatic carbocycles. The van der Waals surface area contributed by atoms with Gasteiger partial charge in [0.05, 0.1) is 20.0 Å². The van der Waals surface area contributed by atoms with Gasteiger partial charge in [0, 0.05) is 37.2 Å². The molecule has 1 fully saturated rings. The number of benzene rings is 2. The average molecular weight is 412 g/mol. The predicted molar refractivity (Wildman–Crippen MR) is 119 cm³/mol. The van der Waals surface area contributed by atoms with E-state index in [2.05, 4.69) is 22.1 Å². The van der Waals surface area contributed by atoms with Crippen molar-refractivity contribution < 1.29 is 9.53 Å². The maximum Gasteiger partial charge on any atom is 0.223 e. The first-order chi connectivity index (χ1) is 15.2. The second kappa shape index (κ2) is 8.22. The summed E-state index contributed by atoms with van der Waals surface area (Å²) in [6, 6.07) is 20.2. The van der Waals surface area contributed by atoms with Crippen molar-refractivity contribution in [2.24, 2.45) is 0 Å². The summed E-state index contributed by atoms with van der Waals surface area (Å²) in [5, 5.41) is 0. The summed E-state index contributed by atoms with van der Waals surface area (Å²) >= 11 is 0. The lowest BCUT2D eigenvalue weighted by molar-refractivity contribution is -0.128. The first kappa shape index (κ1) is 19.3. The van der Waals surface area contributed by atoms with Crippen LogP contribution in [0.15, 0.2) is 73.2 Å². The summed E-state index contributed by atoms with van der Waals surface area (Å²) in [4.78, 5) is 23.8. The summed E-state index contributed by atoms with van der Waals surface area (Å²) in [7, 11) is 1.66. The van der Waals surface area contributed by atoms with E-state index in [1.54, 1.807) is 13.3 Å². The number of nitrogens with zero attached hydrogens (tertiary/aromatic N) is 4. The molecule has 1 aliphatic rings. The van der Waals surface area contributed by atoms with Crippen molar-refractivity contribution >= 4 is 17.1 Å². The summed E-state index contributed by atoms with van der Waals surface area (Å²) in [6.45, 7) is 1.97. The average Bonchev–Trinajstić information content (AvgIpc) is 3.39. The third-order valence-electron chi connectivity index (χ3n) is 5.95. The van der Waals surface area contributed by atoms with Gasteiger partial charge in [-0.15, -0.1) is 0 Å². The topological polar surface area (TPSA) is 60.2 Å². The molecular weight excluding hydrogens is 388 g/mol. The first-order valence-electron chi connectivity index (χ1n) is 10.5. The summed E-state index contributed by atoms with van der Waals surface area (Å²) in [5.41, 5.74) is 5.09. The molecule has 0 aliphatic carbocycles. The van der Waals surface area contributed by atoms with Crippen molar-refractivity contribution in [1.82, 2.24) is 19.4 Å². The van der Waals surface area contributed by atoms with E-state index in [0.29, 0.717) is 19.5 Å². The van der Waals surface area contributed by atoms with Crippen molar-refractivity contribution in [1.29, 1.82) is 0 Å². The number of aromatic nitrogens is 3. The second-order valence-corrected chi connectivity index (χ2v) is 7.95. The molecule has 0 saturated carbocycles. The minimum Gasteiger partial charge on any atom is -0.497 e. The lowest BCUT2D eigenvalue weighted by atomic mass is 9.99. The third-order valence-corrected chi connectivity index (χ3v) is 5.95. The Morgan fingerprint density at radius 2 is 1.81 bits per heavy atom. The molecule has 156 valence electrons. The molecule has 0 bridgehead atoms. The van der Waals surface area contributed by atoms with E-state index in [0.717, 1.165) is 34.6 Å². The number of rotatable bonds is 6. The van der Waals surface area contributed by atoms with Gasteiger partial charge in [0.25, 0.3) is 0 Å². The van der Waals surface area contributed by atoms with Crippen LogP contribution >= 0.6 is 0 Å². The fourth-order valence-electron chi connectivity index (χ4n) is 4.26. The Kier molecular flexibility index (Phi) is 5.12. The van der Waals surface area contributed by atoms with Crippen molar-refractivity contribution in [3.05, 3.63) is 89.9 Å². The Labute approximate surface area is 181 Å². The molecule has 6 heteroatoms. The van der Waals surface area contributed by atoms with Gasteiger partial charge in [-0.2, -0.15) is 0 Å². The van der Waals surface area contributed by atoms with Crippen molar-refractivity contribution in [3.63, 3.8) is 0 Å². The molecule has 6 nitrogen and oxygen atoms in total. The lowest BCUT2D eigenvalue weighted by Crippen LogP contribution is -2.24. The van der Waals surface area contributed by atoms with Crippen molar-refractivity contribution in [3.8, 4) is 5.75 Å². The molecule has 0 spiro atoms. The van der Waals surface area contributed by atoms with E-state index in [1.807, 2.05) is 64.3 Å². The number of likely N-dealkylation sites (tertiary alicyclic amines) is 1. The Hall–Kier alpha value is -3.67. The maximum atomic E-state index is 12.7. The van der Waals surface area contributed by atoms with E-state index >= 15 is 0 Å². The van der Waals surface area contributed by atoms with Crippen LogP contribution in [0.2, 0.25) is 0 Å². The van der Waals surface area contributed by atoms with Gasteiger partial charge in [0.1, 0.15) is 11.3 Å². The van der Waals surface area contributed by atoms with Crippen LogP contribution in [-0.4, -0.2) is 39.0 Å². The molecule has 31 heavy (non-hydrogen) atoms. The quantitative estimate of drug-likeness (QED) is 0.480. The van der Waals surface area contributed by atoms with Gasteiger partial charge < -0.3 is 14.2 Å². The molecular formula is C25H24N4O2. The monoisotopic (exact) mass is 412 g/mol. The van der Waals surface area contributed by atoms with Crippen LogP contribution in [0.4, 0.5) is 0 Å². The first-order valence-corrected chi connectivity index (χ1v) is 10.5. The molecule has 5 rings (SSSR count). The SMILES string of the molecule is COc1ccc(Cn2cnc3c(CN4CC(c5ccccc5)CC4=O)ccnc32)cc1. The van der Waals surface area contributed by atoms with E-state index in [1.165, 1.54) is 5.56 Å². The molecule has 1 saturated heterocycles. The van der Waals surface area contributed by atoms with Crippen LogP contribution in [0, 0.1) is 0 Å². The Morgan fingerprint density at radius 1 is 1.00 bits per heavy atom. The smallest absolute Gasteiger partial charge is 0.223 e. The van der Waals surface area contributed by atoms with E-state index in [9.17, 15) is 4.79 Å². The number of carbonyl (C=O) groups excluding carboxylic acids is 1. The minimum atomic E-state index is 0.191. The molecule has 1 amide bonds. The number of methoxy groups -OCH3 is 1. The maximum absolute atomic E-state index is 12.7. The van der Waals surface area contributed by atoms with E-state index in [4.69, 9.17) is 4.74 Å². The number of hydrogen-bond acceptors (Lipinski definition) is 4. The zero-order chi connectivity index (χ0) is 21.2. The highest BCUT2D eigenvalue weighted by molar-refractivity contribution is 5.81. The normalized spacial score (nSPS) is 16.2. The number of imidazole rings is 1. The summed E-state index contributed by atoms with van der Waals surface area (Å²) in [5.74, 6) is 1.28. The number of amides is 1. The lowest BCUT2D eigenvalue weighted by Gasteiger charge is -2.17. The van der Waals surface area contributed by atoms with Crippen LogP contribution in [-0.2, 0) is 17.9 Å². The van der Waals surface area contributed by atoms with Crippen molar-refractivity contribution in [2.45, 2.75) is 25.4 Å². The van der Waals surface area contributed by atoms with Crippen LogP contribution in [0.3, 0.4) is 0 Å². The van der Waals surface area contributed by atoms with Gasteiger partial charge in [-0.3, -0.25) is 4.79 Å². The molecule has 0 N–H and O–H groups in total.